The van der Waals surface area contributed by atoms with Gasteiger partial charge in [0.05, 0.1) is 0 Å². The molecule has 0 aromatic heterocycles. The minimum absolute atomic E-state index is 0.710. The zero-order chi connectivity index (χ0) is 8.22. The first-order valence-corrected chi connectivity index (χ1v) is 5.02. The lowest BCUT2D eigenvalue weighted by Gasteiger charge is -2.01. The van der Waals surface area contributed by atoms with Crippen LogP contribution in [0.25, 0.3) is 0 Å². The summed E-state index contributed by atoms with van der Waals surface area (Å²) in [6, 6.07) is 0. The molecule has 3 atom stereocenters. The van der Waals surface area contributed by atoms with Crippen LogP contribution < -0.4 is 0 Å². The number of rotatable bonds is 2. The first-order chi connectivity index (χ1) is 5.02. The van der Waals surface area contributed by atoms with E-state index in [9.17, 15) is 0 Å². The Balaban J connectivity index is 1.78. The van der Waals surface area contributed by atoms with Crippen molar-refractivity contribution < 1.29 is 0 Å². The molecule has 2 aliphatic carbocycles. The average Bonchev–Trinajstić information content (AvgIpc) is 2.66. The zero-order valence-corrected chi connectivity index (χ0v) is 8.22. The van der Waals surface area contributed by atoms with E-state index in [1.807, 2.05) is 0 Å². The van der Waals surface area contributed by atoms with Crippen molar-refractivity contribution in [3.8, 4) is 0 Å². The Kier molecular flexibility index (Phi) is 1.41. The van der Waals surface area contributed by atoms with Gasteiger partial charge in [0.2, 0.25) is 0 Å². The molecule has 0 heteroatoms. The lowest BCUT2D eigenvalue weighted by molar-refractivity contribution is 0.490. The maximum absolute atomic E-state index is 2.41. The summed E-state index contributed by atoms with van der Waals surface area (Å²) in [5.74, 6) is 4.22. The van der Waals surface area contributed by atoms with Crippen LogP contribution in [0.15, 0.2) is 0 Å². The van der Waals surface area contributed by atoms with Gasteiger partial charge in [0.15, 0.2) is 0 Å². The normalized spacial score (nSPS) is 52.4. The molecule has 2 rings (SSSR count). The minimum Gasteiger partial charge on any atom is -0.0620 e. The summed E-state index contributed by atoms with van der Waals surface area (Å²) in [7, 11) is 0. The molecule has 0 N–H and O–H groups in total. The van der Waals surface area contributed by atoms with E-state index in [0.29, 0.717) is 5.41 Å². The van der Waals surface area contributed by atoms with E-state index in [1.54, 1.807) is 0 Å². The highest BCUT2D eigenvalue weighted by Gasteiger charge is 2.52. The lowest BCUT2D eigenvalue weighted by Crippen LogP contribution is -1.92. The Morgan fingerprint density at radius 1 is 1.18 bits per heavy atom. The highest BCUT2D eigenvalue weighted by molar-refractivity contribution is 5.01. The molecule has 2 fully saturated rings. The number of hydrogen-bond donors (Lipinski definition) is 0. The molecular formula is C11H20. The molecule has 2 aliphatic rings. The van der Waals surface area contributed by atoms with Crippen LogP contribution in [0.2, 0.25) is 0 Å². The molecule has 0 aliphatic heterocycles. The zero-order valence-electron chi connectivity index (χ0n) is 8.22. The van der Waals surface area contributed by atoms with Gasteiger partial charge in [0.25, 0.3) is 0 Å². The predicted molar refractivity (Wildman–Crippen MR) is 48.3 cm³/mol. The van der Waals surface area contributed by atoms with E-state index in [4.69, 9.17) is 0 Å². The van der Waals surface area contributed by atoms with Crippen molar-refractivity contribution in [2.24, 2.45) is 29.1 Å². The van der Waals surface area contributed by atoms with E-state index in [2.05, 4.69) is 27.7 Å². The van der Waals surface area contributed by atoms with Crippen LogP contribution in [0.4, 0.5) is 0 Å². The van der Waals surface area contributed by atoms with Gasteiger partial charge in [-0.05, 0) is 41.9 Å². The monoisotopic (exact) mass is 152 g/mol. The van der Waals surface area contributed by atoms with Gasteiger partial charge in [-0.1, -0.05) is 27.7 Å². The first-order valence-electron chi connectivity index (χ1n) is 5.02. The molecule has 0 nitrogen and oxygen atoms in total. The SMILES string of the molecule is CC1C(C)C1CC1CC1(C)C. The summed E-state index contributed by atoms with van der Waals surface area (Å²) >= 11 is 0. The fraction of sp³-hybridized carbons (Fsp3) is 1.00. The summed E-state index contributed by atoms with van der Waals surface area (Å²) in [6.07, 6.45) is 3.01. The standard InChI is InChI=1S/C11H20/c1-7-8(2)10(7)5-9-6-11(9,3)4/h7-10H,5-6H2,1-4H3. The van der Waals surface area contributed by atoms with Crippen molar-refractivity contribution in [1.29, 1.82) is 0 Å². The second-order valence-corrected chi connectivity index (χ2v) is 5.51. The molecule has 2 saturated carbocycles. The quantitative estimate of drug-likeness (QED) is 0.569. The molecule has 0 spiro atoms. The van der Waals surface area contributed by atoms with Crippen molar-refractivity contribution in [3.63, 3.8) is 0 Å². The molecule has 0 amide bonds. The Bertz CT molecular complexity index is 161. The molecule has 3 unspecified atom stereocenters. The van der Waals surface area contributed by atoms with Gasteiger partial charge >= 0.3 is 0 Å². The summed E-state index contributed by atoms with van der Waals surface area (Å²) in [5.41, 5.74) is 0.710. The van der Waals surface area contributed by atoms with E-state index >= 15 is 0 Å². The van der Waals surface area contributed by atoms with Gasteiger partial charge < -0.3 is 0 Å². The van der Waals surface area contributed by atoms with Crippen molar-refractivity contribution in [1.82, 2.24) is 0 Å². The molecule has 0 radical (unpaired) electrons. The van der Waals surface area contributed by atoms with E-state index in [-0.39, 0.29) is 0 Å². The molecule has 0 saturated heterocycles. The average molecular weight is 152 g/mol. The lowest BCUT2D eigenvalue weighted by atomic mass is 10.0. The van der Waals surface area contributed by atoms with Crippen LogP contribution in [-0.2, 0) is 0 Å². The van der Waals surface area contributed by atoms with Crippen LogP contribution in [-0.4, -0.2) is 0 Å². The van der Waals surface area contributed by atoms with Crippen molar-refractivity contribution in [2.45, 2.75) is 40.5 Å². The smallest absolute Gasteiger partial charge is 0.0323 e. The summed E-state index contributed by atoms with van der Waals surface area (Å²) in [5, 5.41) is 0. The fourth-order valence-electron chi connectivity index (χ4n) is 2.50. The van der Waals surface area contributed by atoms with Gasteiger partial charge in [0.1, 0.15) is 0 Å². The van der Waals surface area contributed by atoms with E-state index < -0.39 is 0 Å². The predicted octanol–water partition coefficient (Wildman–Crippen LogP) is 3.32. The molecule has 11 heavy (non-hydrogen) atoms. The van der Waals surface area contributed by atoms with Crippen molar-refractivity contribution >= 4 is 0 Å². The Morgan fingerprint density at radius 3 is 1.91 bits per heavy atom. The second kappa shape index (κ2) is 2.02. The minimum atomic E-state index is 0.710. The van der Waals surface area contributed by atoms with Crippen LogP contribution >= 0.6 is 0 Å². The fourth-order valence-corrected chi connectivity index (χ4v) is 2.50. The Hall–Kier alpha value is 0. The highest BCUT2D eigenvalue weighted by Crippen LogP contribution is 2.60. The van der Waals surface area contributed by atoms with Crippen molar-refractivity contribution in [2.75, 3.05) is 0 Å². The Labute approximate surface area is 70.4 Å². The van der Waals surface area contributed by atoms with E-state index in [1.165, 1.54) is 12.8 Å². The summed E-state index contributed by atoms with van der Waals surface area (Å²) < 4.78 is 0. The van der Waals surface area contributed by atoms with Crippen LogP contribution in [0, 0.1) is 29.1 Å². The number of hydrogen-bond acceptors (Lipinski definition) is 0. The molecule has 0 aromatic carbocycles. The summed E-state index contributed by atoms with van der Waals surface area (Å²) in [6.45, 7) is 9.64. The topological polar surface area (TPSA) is 0 Å². The van der Waals surface area contributed by atoms with Gasteiger partial charge in [-0.2, -0.15) is 0 Å². The maximum Gasteiger partial charge on any atom is -0.0323 e. The summed E-state index contributed by atoms with van der Waals surface area (Å²) in [4.78, 5) is 0. The molecule has 64 valence electrons. The van der Waals surface area contributed by atoms with Crippen molar-refractivity contribution in [3.05, 3.63) is 0 Å². The van der Waals surface area contributed by atoms with Crippen LogP contribution in [0.3, 0.4) is 0 Å². The van der Waals surface area contributed by atoms with Gasteiger partial charge in [-0.15, -0.1) is 0 Å². The van der Waals surface area contributed by atoms with E-state index in [0.717, 1.165) is 23.7 Å². The first kappa shape index (κ1) is 7.64. The van der Waals surface area contributed by atoms with Crippen LogP contribution in [0.1, 0.15) is 40.5 Å². The van der Waals surface area contributed by atoms with Gasteiger partial charge in [-0.25, -0.2) is 0 Å². The third-order valence-electron chi connectivity index (χ3n) is 4.31. The molecule has 0 bridgehead atoms. The second-order valence-electron chi connectivity index (χ2n) is 5.51. The Morgan fingerprint density at radius 2 is 1.64 bits per heavy atom. The largest absolute Gasteiger partial charge is 0.0620 e. The van der Waals surface area contributed by atoms with Crippen LogP contribution in [0.5, 0.6) is 0 Å². The third kappa shape index (κ3) is 1.21. The molecular weight excluding hydrogens is 132 g/mol. The van der Waals surface area contributed by atoms with Gasteiger partial charge in [0, 0.05) is 0 Å². The molecule has 0 aromatic rings. The van der Waals surface area contributed by atoms with Gasteiger partial charge in [-0.3, -0.25) is 0 Å². The highest BCUT2D eigenvalue weighted by atomic mass is 14.6. The maximum atomic E-state index is 2.41. The third-order valence-corrected chi connectivity index (χ3v) is 4.31. The molecule has 0 heterocycles.